The van der Waals surface area contributed by atoms with Gasteiger partial charge in [0, 0.05) is 47.2 Å². The highest BCUT2D eigenvalue weighted by Crippen LogP contribution is 2.35. The number of benzene rings is 1. The second-order valence-electron chi connectivity index (χ2n) is 7.44. The summed E-state index contributed by atoms with van der Waals surface area (Å²) in [5, 5.41) is 16.2. The number of nitrogens with one attached hydrogen (secondary N) is 1. The van der Waals surface area contributed by atoms with Crippen molar-refractivity contribution in [1.29, 1.82) is 0 Å². The van der Waals surface area contributed by atoms with Gasteiger partial charge in [-0.2, -0.15) is 0 Å². The molecule has 142 valence electrons. The zero-order valence-electron chi connectivity index (χ0n) is 15.0. The van der Waals surface area contributed by atoms with Gasteiger partial charge in [-0.1, -0.05) is 18.6 Å². The number of nitro groups is 1. The molecule has 6 nitrogen and oxygen atoms in total. The van der Waals surface area contributed by atoms with Crippen molar-refractivity contribution in [3.63, 3.8) is 0 Å². The van der Waals surface area contributed by atoms with Crippen LogP contribution in [0.2, 0.25) is 0 Å². The van der Waals surface area contributed by atoms with Crippen LogP contribution in [-0.4, -0.2) is 33.9 Å². The number of carbonyl (C=O) groups excluding carboxylic acids is 1. The van der Waals surface area contributed by atoms with E-state index < -0.39 is 4.92 Å². The minimum atomic E-state index is -0.468. The second kappa shape index (κ2) is 7.78. The lowest BCUT2D eigenvalue weighted by atomic mass is 9.81. The van der Waals surface area contributed by atoms with Crippen molar-refractivity contribution in [2.75, 3.05) is 0 Å². The fourth-order valence-corrected chi connectivity index (χ4v) is 5.18. The SMILES string of the molecule is O=C(NC1C[C@H]2CCC[C@@H](C1)N2Cc1cccs1)c1cccc([N+](=O)[O-])c1. The van der Waals surface area contributed by atoms with Crippen molar-refractivity contribution >= 4 is 22.9 Å². The smallest absolute Gasteiger partial charge is 0.270 e. The normalized spacial score (nSPS) is 25.1. The summed E-state index contributed by atoms with van der Waals surface area (Å²) < 4.78 is 0. The van der Waals surface area contributed by atoms with Crippen LogP contribution in [0.3, 0.4) is 0 Å². The Bertz CT molecular complexity index is 810. The predicted molar refractivity (Wildman–Crippen MR) is 105 cm³/mol. The number of piperidine rings is 2. The van der Waals surface area contributed by atoms with Gasteiger partial charge in [-0.05, 0) is 43.2 Å². The first kappa shape index (κ1) is 18.1. The van der Waals surface area contributed by atoms with Crippen LogP contribution in [0.1, 0.15) is 47.3 Å². The maximum Gasteiger partial charge on any atom is 0.270 e. The average Bonchev–Trinajstić information content (AvgIpc) is 3.15. The minimum absolute atomic E-state index is 0.0507. The van der Waals surface area contributed by atoms with E-state index in [1.807, 2.05) is 0 Å². The summed E-state index contributed by atoms with van der Waals surface area (Å²) in [7, 11) is 0. The van der Waals surface area contributed by atoms with Crippen LogP contribution in [0.15, 0.2) is 41.8 Å². The minimum Gasteiger partial charge on any atom is -0.349 e. The van der Waals surface area contributed by atoms with Crippen LogP contribution in [0.4, 0.5) is 5.69 Å². The van der Waals surface area contributed by atoms with E-state index in [-0.39, 0.29) is 17.6 Å². The average molecular weight is 385 g/mol. The van der Waals surface area contributed by atoms with Crippen LogP contribution in [-0.2, 0) is 6.54 Å². The highest BCUT2D eigenvalue weighted by molar-refractivity contribution is 7.09. The van der Waals surface area contributed by atoms with Crippen LogP contribution in [0, 0.1) is 10.1 Å². The molecule has 2 aliphatic rings. The molecule has 7 heteroatoms. The third kappa shape index (κ3) is 4.04. The lowest BCUT2D eigenvalue weighted by Gasteiger charge is -2.49. The van der Waals surface area contributed by atoms with E-state index in [4.69, 9.17) is 0 Å². The molecule has 2 saturated heterocycles. The maximum absolute atomic E-state index is 12.6. The van der Waals surface area contributed by atoms with Crippen molar-refractivity contribution in [1.82, 2.24) is 10.2 Å². The third-order valence-electron chi connectivity index (χ3n) is 5.70. The van der Waals surface area contributed by atoms with Gasteiger partial charge in [0.2, 0.25) is 0 Å². The van der Waals surface area contributed by atoms with E-state index in [1.165, 1.54) is 36.3 Å². The first-order valence-electron chi connectivity index (χ1n) is 9.43. The molecule has 2 bridgehead atoms. The molecule has 0 radical (unpaired) electrons. The number of hydrogen-bond acceptors (Lipinski definition) is 5. The Balaban J connectivity index is 1.42. The zero-order valence-corrected chi connectivity index (χ0v) is 15.9. The molecule has 2 aliphatic heterocycles. The van der Waals surface area contributed by atoms with E-state index in [2.05, 4.69) is 27.7 Å². The van der Waals surface area contributed by atoms with Gasteiger partial charge in [0.25, 0.3) is 11.6 Å². The van der Waals surface area contributed by atoms with E-state index in [1.54, 1.807) is 23.5 Å². The maximum atomic E-state index is 12.6. The molecule has 0 saturated carbocycles. The van der Waals surface area contributed by atoms with Gasteiger partial charge >= 0.3 is 0 Å². The summed E-state index contributed by atoms with van der Waals surface area (Å²) in [6.45, 7) is 0.999. The fourth-order valence-electron chi connectivity index (χ4n) is 4.47. The number of hydrogen-bond donors (Lipinski definition) is 1. The predicted octanol–water partition coefficient (Wildman–Crippen LogP) is 3.97. The third-order valence-corrected chi connectivity index (χ3v) is 6.56. The molecule has 1 aromatic heterocycles. The molecule has 0 aliphatic carbocycles. The Morgan fingerprint density at radius 2 is 2.00 bits per heavy atom. The van der Waals surface area contributed by atoms with Gasteiger partial charge in [-0.15, -0.1) is 11.3 Å². The van der Waals surface area contributed by atoms with Gasteiger partial charge in [0.05, 0.1) is 4.92 Å². The van der Waals surface area contributed by atoms with Gasteiger partial charge in [0.15, 0.2) is 0 Å². The molecule has 3 heterocycles. The Kier molecular flexibility index (Phi) is 5.22. The molecule has 1 unspecified atom stereocenters. The number of non-ortho nitro benzene ring substituents is 1. The molecular weight excluding hydrogens is 362 g/mol. The molecule has 2 aromatic rings. The molecule has 0 spiro atoms. The molecular formula is C20H23N3O3S. The first-order chi connectivity index (χ1) is 13.1. The number of nitro benzene ring substituents is 1. The van der Waals surface area contributed by atoms with Gasteiger partial charge in [-0.3, -0.25) is 19.8 Å². The Morgan fingerprint density at radius 1 is 1.22 bits per heavy atom. The van der Waals surface area contributed by atoms with Crippen molar-refractivity contribution in [3.8, 4) is 0 Å². The Hall–Kier alpha value is -2.25. The molecule has 1 aromatic carbocycles. The number of fused-ring (bicyclic) bond motifs is 2. The lowest BCUT2D eigenvalue weighted by molar-refractivity contribution is -0.384. The molecule has 1 amide bonds. The molecule has 2 fully saturated rings. The van der Waals surface area contributed by atoms with Crippen molar-refractivity contribution in [2.45, 2.75) is 56.8 Å². The summed E-state index contributed by atoms with van der Waals surface area (Å²) in [6, 6.07) is 11.4. The summed E-state index contributed by atoms with van der Waals surface area (Å²) in [4.78, 5) is 27.1. The van der Waals surface area contributed by atoms with Gasteiger partial charge in [0.1, 0.15) is 0 Å². The monoisotopic (exact) mass is 385 g/mol. The summed E-state index contributed by atoms with van der Waals surface area (Å²) in [5.74, 6) is -0.214. The van der Waals surface area contributed by atoms with E-state index in [9.17, 15) is 14.9 Å². The summed E-state index contributed by atoms with van der Waals surface area (Å²) >= 11 is 1.80. The van der Waals surface area contributed by atoms with Crippen molar-refractivity contribution in [3.05, 3.63) is 62.3 Å². The lowest BCUT2D eigenvalue weighted by Crippen LogP contribution is -2.56. The van der Waals surface area contributed by atoms with Crippen LogP contribution in [0.25, 0.3) is 0 Å². The van der Waals surface area contributed by atoms with E-state index in [0.717, 1.165) is 19.4 Å². The molecule has 3 atom stereocenters. The highest BCUT2D eigenvalue weighted by Gasteiger charge is 2.38. The number of amides is 1. The summed E-state index contributed by atoms with van der Waals surface area (Å²) in [5.41, 5.74) is 0.306. The fraction of sp³-hybridized carbons (Fsp3) is 0.450. The van der Waals surface area contributed by atoms with Gasteiger partial charge < -0.3 is 5.32 Å². The van der Waals surface area contributed by atoms with Crippen LogP contribution in [0.5, 0.6) is 0 Å². The summed E-state index contributed by atoms with van der Waals surface area (Å²) in [6.07, 6.45) is 5.49. The molecule has 27 heavy (non-hydrogen) atoms. The van der Waals surface area contributed by atoms with Crippen LogP contribution >= 0.6 is 11.3 Å². The number of nitrogens with zero attached hydrogens (tertiary/aromatic N) is 2. The largest absolute Gasteiger partial charge is 0.349 e. The van der Waals surface area contributed by atoms with Crippen LogP contribution < -0.4 is 5.32 Å². The topological polar surface area (TPSA) is 75.5 Å². The Morgan fingerprint density at radius 3 is 2.67 bits per heavy atom. The highest BCUT2D eigenvalue weighted by atomic mass is 32.1. The molecule has 4 rings (SSSR count). The standard InChI is InChI=1S/C20H23N3O3S/c24-20(14-4-1-7-18(10-14)23(25)26)21-15-11-16-5-2-6-17(12-15)22(16)13-19-8-3-9-27-19/h1,3-4,7-10,15-17H,2,5-6,11-13H2,(H,21,24)/t15?,16-,17+. The van der Waals surface area contributed by atoms with E-state index in [0.29, 0.717) is 17.6 Å². The Labute approximate surface area is 162 Å². The van der Waals surface area contributed by atoms with E-state index >= 15 is 0 Å². The van der Waals surface area contributed by atoms with Gasteiger partial charge in [-0.25, -0.2) is 0 Å². The number of rotatable bonds is 5. The quantitative estimate of drug-likeness (QED) is 0.624. The zero-order chi connectivity index (χ0) is 18.8. The van der Waals surface area contributed by atoms with Crippen molar-refractivity contribution in [2.24, 2.45) is 0 Å². The number of thiophene rings is 1. The second-order valence-corrected chi connectivity index (χ2v) is 8.47. The van der Waals surface area contributed by atoms with Crippen molar-refractivity contribution < 1.29 is 9.72 Å². The number of carbonyl (C=O) groups is 1. The molecule has 1 N–H and O–H groups in total. The first-order valence-corrected chi connectivity index (χ1v) is 10.3.